The van der Waals surface area contributed by atoms with E-state index in [4.69, 9.17) is 11.6 Å². The highest BCUT2D eigenvalue weighted by molar-refractivity contribution is 6.31. The lowest BCUT2D eigenvalue weighted by atomic mass is 10.0. The molecule has 0 aliphatic rings. The highest BCUT2D eigenvalue weighted by Crippen LogP contribution is 2.27. The van der Waals surface area contributed by atoms with Gasteiger partial charge in [0.05, 0.1) is 0 Å². The second-order valence-corrected chi connectivity index (χ2v) is 6.84. The monoisotopic (exact) mass is 392 g/mol. The molecule has 140 valence electrons. The van der Waals surface area contributed by atoms with Crippen LogP contribution in [0.1, 0.15) is 29.5 Å². The minimum atomic E-state index is -0.770. The summed E-state index contributed by atoms with van der Waals surface area (Å²) < 4.78 is 27.3. The molecule has 0 spiro atoms. The van der Waals surface area contributed by atoms with Crippen LogP contribution in [0.3, 0.4) is 0 Å². The van der Waals surface area contributed by atoms with E-state index in [1.807, 2.05) is 30.3 Å². The Hall–Kier alpha value is -2.89. The van der Waals surface area contributed by atoms with E-state index >= 15 is 0 Å². The van der Waals surface area contributed by atoms with Crippen molar-refractivity contribution in [3.05, 3.63) is 107 Å². The average Bonchev–Trinajstić information content (AvgIpc) is 2.71. The number of aryl methyl sites for hydroxylation is 1. The molecular weight excluding hydrogens is 374 g/mol. The van der Waals surface area contributed by atoms with Crippen LogP contribution in [0.15, 0.2) is 73.3 Å². The zero-order valence-electron chi connectivity index (χ0n) is 15.3. The fourth-order valence-electron chi connectivity index (χ4n) is 2.82. The van der Waals surface area contributed by atoms with Crippen LogP contribution in [0.5, 0.6) is 0 Å². The fourth-order valence-corrected chi connectivity index (χ4v) is 2.93. The summed E-state index contributed by atoms with van der Waals surface area (Å²) in [4.78, 5) is 0. The third-order valence-corrected chi connectivity index (χ3v) is 4.74. The normalized spacial score (nSPS) is 10.2. The Labute approximate surface area is 169 Å². The summed E-state index contributed by atoms with van der Waals surface area (Å²) in [5.74, 6) is 4.71. The summed E-state index contributed by atoms with van der Waals surface area (Å²) in [5.41, 5.74) is 4.20. The molecule has 0 fully saturated rings. The van der Waals surface area contributed by atoms with Crippen LogP contribution in [0.4, 0.5) is 8.78 Å². The first-order chi connectivity index (χ1) is 13.6. The van der Waals surface area contributed by atoms with Gasteiger partial charge in [0.1, 0.15) is 16.7 Å². The topological polar surface area (TPSA) is 0 Å². The van der Waals surface area contributed by atoms with E-state index in [0.717, 1.165) is 30.4 Å². The molecule has 0 saturated heterocycles. The minimum absolute atomic E-state index is 0.436. The SMILES string of the molecule is C=CCCCc1ccc(C#Cc2ccc(-c3cc(F)c(Cl)c(F)c3)cc2)cc1. The van der Waals surface area contributed by atoms with Crippen molar-refractivity contribution < 1.29 is 8.78 Å². The largest absolute Gasteiger partial charge is 0.205 e. The molecule has 0 bridgehead atoms. The van der Waals surface area contributed by atoms with Crippen LogP contribution in [0, 0.1) is 23.5 Å². The van der Waals surface area contributed by atoms with Crippen LogP contribution in [0.2, 0.25) is 5.02 Å². The van der Waals surface area contributed by atoms with Gasteiger partial charge in [-0.25, -0.2) is 8.78 Å². The van der Waals surface area contributed by atoms with Crippen LogP contribution in [0.25, 0.3) is 11.1 Å². The van der Waals surface area contributed by atoms with Gasteiger partial charge in [-0.1, -0.05) is 53.8 Å². The quantitative estimate of drug-likeness (QED) is 0.186. The van der Waals surface area contributed by atoms with Gasteiger partial charge in [-0.15, -0.1) is 6.58 Å². The third kappa shape index (κ3) is 5.09. The molecule has 0 aliphatic heterocycles. The number of unbranched alkanes of at least 4 members (excludes halogenated alkanes) is 1. The minimum Gasteiger partial charge on any atom is -0.205 e. The number of hydrogen-bond acceptors (Lipinski definition) is 0. The number of hydrogen-bond donors (Lipinski definition) is 0. The highest BCUT2D eigenvalue weighted by Gasteiger charge is 2.09. The predicted molar refractivity (Wildman–Crippen MR) is 112 cm³/mol. The summed E-state index contributed by atoms with van der Waals surface area (Å²) >= 11 is 5.53. The van der Waals surface area contributed by atoms with Crippen molar-refractivity contribution in [3.63, 3.8) is 0 Å². The standard InChI is InChI=1S/C25H19ClF2/c1-2-3-4-5-18-6-8-19(9-7-18)10-11-20-12-14-21(15-13-20)22-16-23(27)25(26)24(28)17-22/h2,6-9,12-17H,1,3-5H2. The summed E-state index contributed by atoms with van der Waals surface area (Å²) in [6.07, 6.45) is 5.09. The van der Waals surface area contributed by atoms with E-state index in [9.17, 15) is 8.78 Å². The van der Waals surface area contributed by atoms with Crippen molar-refractivity contribution in [2.75, 3.05) is 0 Å². The first kappa shape index (κ1) is 19.9. The zero-order valence-corrected chi connectivity index (χ0v) is 16.1. The fraction of sp³-hybridized carbons (Fsp3) is 0.120. The van der Waals surface area contributed by atoms with Crippen molar-refractivity contribution in [1.29, 1.82) is 0 Å². The zero-order chi connectivity index (χ0) is 19.9. The van der Waals surface area contributed by atoms with E-state index in [1.165, 1.54) is 17.7 Å². The van der Waals surface area contributed by atoms with Crippen molar-refractivity contribution in [2.24, 2.45) is 0 Å². The van der Waals surface area contributed by atoms with Crippen LogP contribution < -0.4 is 0 Å². The van der Waals surface area contributed by atoms with Gasteiger partial charge in [-0.3, -0.25) is 0 Å². The summed E-state index contributed by atoms with van der Waals surface area (Å²) in [6.45, 7) is 3.74. The number of halogens is 3. The van der Waals surface area contributed by atoms with Crippen molar-refractivity contribution in [3.8, 4) is 23.0 Å². The molecule has 0 radical (unpaired) electrons. The van der Waals surface area contributed by atoms with Crippen molar-refractivity contribution in [2.45, 2.75) is 19.3 Å². The Morgan fingerprint density at radius 1 is 0.821 bits per heavy atom. The molecule has 0 aliphatic carbocycles. The van der Waals surface area contributed by atoms with Gasteiger partial charge in [0.2, 0.25) is 0 Å². The Balaban J connectivity index is 1.71. The highest BCUT2D eigenvalue weighted by atomic mass is 35.5. The summed E-state index contributed by atoms with van der Waals surface area (Å²) in [6, 6.07) is 17.9. The maximum Gasteiger partial charge on any atom is 0.145 e. The lowest BCUT2D eigenvalue weighted by molar-refractivity contribution is 0.585. The third-order valence-electron chi connectivity index (χ3n) is 4.38. The molecule has 0 amide bonds. The first-order valence-electron chi connectivity index (χ1n) is 9.03. The van der Waals surface area contributed by atoms with E-state index < -0.39 is 16.7 Å². The van der Waals surface area contributed by atoms with E-state index in [1.54, 1.807) is 12.1 Å². The van der Waals surface area contributed by atoms with Crippen LogP contribution >= 0.6 is 11.6 Å². The molecule has 0 heterocycles. The van der Waals surface area contributed by atoms with E-state index in [0.29, 0.717) is 11.1 Å². The van der Waals surface area contributed by atoms with Crippen molar-refractivity contribution in [1.82, 2.24) is 0 Å². The van der Waals surface area contributed by atoms with E-state index in [-0.39, 0.29) is 0 Å². The second-order valence-electron chi connectivity index (χ2n) is 6.46. The van der Waals surface area contributed by atoms with Crippen LogP contribution in [-0.2, 0) is 6.42 Å². The maximum atomic E-state index is 13.6. The molecule has 0 N–H and O–H groups in total. The van der Waals surface area contributed by atoms with Crippen LogP contribution in [-0.4, -0.2) is 0 Å². The molecule has 0 nitrogen and oxygen atoms in total. The number of allylic oxidation sites excluding steroid dienone is 1. The van der Waals surface area contributed by atoms with Crippen molar-refractivity contribution >= 4 is 11.6 Å². The molecule has 0 saturated carbocycles. The van der Waals surface area contributed by atoms with Gasteiger partial charge >= 0.3 is 0 Å². The molecule has 3 heteroatoms. The van der Waals surface area contributed by atoms with E-state index in [2.05, 4.69) is 30.6 Å². The Bertz CT molecular complexity index is 1000. The first-order valence-corrected chi connectivity index (χ1v) is 9.41. The molecule has 3 rings (SSSR count). The Kier molecular flexibility index (Phi) is 6.63. The number of rotatable bonds is 5. The molecule has 0 unspecified atom stereocenters. The summed E-state index contributed by atoms with van der Waals surface area (Å²) in [7, 11) is 0. The maximum absolute atomic E-state index is 13.6. The molecule has 3 aromatic rings. The molecule has 0 aromatic heterocycles. The predicted octanol–water partition coefficient (Wildman–Crippen LogP) is 7.19. The van der Waals surface area contributed by atoms with Gasteiger partial charge in [-0.05, 0) is 72.4 Å². The van der Waals surface area contributed by atoms with Gasteiger partial charge in [0, 0.05) is 11.1 Å². The molecule has 3 aromatic carbocycles. The van der Waals surface area contributed by atoms with Gasteiger partial charge in [0.15, 0.2) is 0 Å². The summed E-state index contributed by atoms with van der Waals surface area (Å²) in [5, 5.41) is -0.488. The Morgan fingerprint density at radius 3 is 1.89 bits per heavy atom. The van der Waals surface area contributed by atoms with Gasteiger partial charge in [0.25, 0.3) is 0 Å². The molecule has 28 heavy (non-hydrogen) atoms. The van der Waals surface area contributed by atoms with Gasteiger partial charge in [-0.2, -0.15) is 0 Å². The Morgan fingerprint density at radius 2 is 1.36 bits per heavy atom. The average molecular weight is 393 g/mol. The second kappa shape index (κ2) is 9.35. The number of benzene rings is 3. The smallest absolute Gasteiger partial charge is 0.145 e. The molecular formula is C25H19ClF2. The lowest BCUT2D eigenvalue weighted by Crippen LogP contribution is -1.87. The molecule has 0 atom stereocenters. The lowest BCUT2D eigenvalue weighted by Gasteiger charge is -2.04. The van der Waals surface area contributed by atoms with Gasteiger partial charge < -0.3 is 0 Å².